The smallest absolute Gasteiger partial charge is 0.260 e. The number of hydrogen-bond acceptors (Lipinski definition) is 4. The van der Waals surface area contributed by atoms with Gasteiger partial charge in [0.05, 0.1) is 4.91 Å². The Morgan fingerprint density at radius 2 is 1.95 bits per heavy atom. The topological polar surface area (TPSA) is 63.4 Å². The first-order valence-electron chi connectivity index (χ1n) is 7.49. The first kappa shape index (κ1) is 15.6. The van der Waals surface area contributed by atoms with E-state index in [1.54, 1.807) is 23.1 Å². The van der Waals surface area contributed by atoms with Crippen molar-refractivity contribution in [1.29, 1.82) is 0 Å². The van der Waals surface area contributed by atoms with Crippen molar-refractivity contribution in [2.45, 2.75) is 32.4 Å². The molecule has 6 heteroatoms. The van der Waals surface area contributed by atoms with Crippen molar-refractivity contribution < 1.29 is 9.59 Å². The lowest BCUT2D eigenvalue weighted by molar-refractivity contribution is -0.131. The Morgan fingerprint density at radius 3 is 2.59 bits per heavy atom. The van der Waals surface area contributed by atoms with Crippen LogP contribution >= 0.6 is 23.1 Å². The molecule has 1 saturated heterocycles. The summed E-state index contributed by atoms with van der Waals surface area (Å²) in [6, 6.07) is 0. The van der Waals surface area contributed by atoms with Gasteiger partial charge in [-0.25, -0.2) is 0 Å². The fourth-order valence-corrected chi connectivity index (χ4v) is 5.38. The molecule has 2 amide bonds. The Labute approximate surface area is 138 Å². The molecule has 1 aromatic heterocycles. The SMILES string of the molecule is Cc1sc2c(c1C)CSC(C(=O)N1CCC(C(N)=O)CC1)=C2. The Hall–Kier alpha value is -1.27. The third kappa shape index (κ3) is 2.82. The van der Waals surface area contributed by atoms with Gasteiger partial charge in [-0.05, 0) is 43.9 Å². The number of amides is 2. The number of fused-ring (bicyclic) bond motifs is 1. The molecule has 1 aromatic rings. The summed E-state index contributed by atoms with van der Waals surface area (Å²) < 4.78 is 0. The predicted octanol–water partition coefficient (Wildman–Crippen LogP) is 2.68. The van der Waals surface area contributed by atoms with Gasteiger partial charge in [0.15, 0.2) is 0 Å². The second-order valence-corrected chi connectivity index (χ2v) is 8.17. The number of likely N-dealkylation sites (tertiary alicyclic amines) is 1. The van der Waals surface area contributed by atoms with Gasteiger partial charge in [-0.2, -0.15) is 0 Å². The van der Waals surface area contributed by atoms with Gasteiger partial charge < -0.3 is 10.6 Å². The first-order valence-corrected chi connectivity index (χ1v) is 9.29. The maximum absolute atomic E-state index is 12.7. The van der Waals surface area contributed by atoms with Gasteiger partial charge in [-0.3, -0.25) is 9.59 Å². The zero-order valence-electron chi connectivity index (χ0n) is 12.8. The lowest BCUT2D eigenvalue weighted by atomic mass is 9.96. The normalized spacial score (nSPS) is 18.8. The van der Waals surface area contributed by atoms with E-state index in [4.69, 9.17) is 5.73 Å². The number of hydrogen-bond donors (Lipinski definition) is 1. The number of thiophene rings is 1. The molecule has 22 heavy (non-hydrogen) atoms. The molecule has 3 rings (SSSR count). The zero-order chi connectivity index (χ0) is 15.9. The van der Waals surface area contributed by atoms with Gasteiger partial charge in [-0.15, -0.1) is 23.1 Å². The highest BCUT2D eigenvalue weighted by atomic mass is 32.2. The molecule has 0 aliphatic carbocycles. The number of rotatable bonds is 2. The van der Waals surface area contributed by atoms with Crippen LogP contribution in [0, 0.1) is 19.8 Å². The first-order chi connectivity index (χ1) is 10.5. The molecule has 2 N–H and O–H groups in total. The van der Waals surface area contributed by atoms with E-state index in [2.05, 4.69) is 13.8 Å². The van der Waals surface area contributed by atoms with Crippen molar-refractivity contribution in [2.75, 3.05) is 13.1 Å². The van der Waals surface area contributed by atoms with Gasteiger partial charge in [0.25, 0.3) is 5.91 Å². The highest BCUT2D eigenvalue weighted by Crippen LogP contribution is 2.40. The van der Waals surface area contributed by atoms with Crippen molar-refractivity contribution in [3.8, 4) is 0 Å². The summed E-state index contributed by atoms with van der Waals surface area (Å²) in [5.41, 5.74) is 8.08. The highest BCUT2D eigenvalue weighted by molar-refractivity contribution is 8.03. The van der Waals surface area contributed by atoms with E-state index in [0.29, 0.717) is 25.9 Å². The molecule has 0 aromatic carbocycles. The van der Waals surface area contributed by atoms with Crippen LogP contribution in [0.15, 0.2) is 4.91 Å². The molecular formula is C16H20N2O2S2. The van der Waals surface area contributed by atoms with Crippen LogP contribution in [-0.4, -0.2) is 29.8 Å². The van der Waals surface area contributed by atoms with Crippen molar-refractivity contribution in [2.24, 2.45) is 11.7 Å². The molecule has 118 valence electrons. The minimum absolute atomic E-state index is 0.0776. The van der Waals surface area contributed by atoms with E-state index in [1.165, 1.54) is 20.9 Å². The fraction of sp³-hybridized carbons (Fsp3) is 0.500. The number of carbonyl (C=O) groups excluding carboxylic acids is 2. The highest BCUT2D eigenvalue weighted by Gasteiger charge is 2.29. The summed E-state index contributed by atoms with van der Waals surface area (Å²) in [5, 5.41) is 0. The quantitative estimate of drug-likeness (QED) is 0.903. The van der Waals surface area contributed by atoms with Crippen LogP contribution in [0.3, 0.4) is 0 Å². The van der Waals surface area contributed by atoms with Gasteiger partial charge >= 0.3 is 0 Å². The number of nitrogens with two attached hydrogens (primary N) is 1. The largest absolute Gasteiger partial charge is 0.369 e. The summed E-state index contributed by atoms with van der Waals surface area (Å²) in [5.74, 6) is 0.655. The zero-order valence-corrected chi connectivity index (χ0v) is 14.5. The molecule has 3 heterocycles. The fourth-order valence-electron chi connectivity index (χ4n) is 2.95. The second kappa shape index (κ2) is 6.08. The van der Waals surface area contributed by atoms with Crippen LogP contribution in [0.4, 0.5) is 0 Å². The van der Waals surface area contributed by atoms with Crippen LogP contribution in [0.5, 0.6) is 0 Å². The number of nitrogens with zero attached hydrogens (tertiary/aromatic N) is 1. The summed E-state index contributed by atoms with van der Waals surface area (Å²) in [6.07, 6.45) is 3.40. The van der Waals surface area contributed by atoms with Gasteiger partial charge in [0, 0.05) is 34.5 Å². The number of piperidine rings is 1. The summed E-state index contributed by atoms with van der Waals surface area (Å²) >= 11 is 3.39. The van der Waals surface area contributed by atoms with Crippen LogP contribution in [0.25, 0.3) is 6.08 Å². The van der Waals surface area contributed by atoms with Crippen molar-refractivity contribution in [3.63, 3.8) is 0 Å². The maximum Gasteiger partial charge on any atom is 0.260 e. The second-order valence-electron chi connectivity index (χ2n) is 5.89. The van der Waals surface area contributed by atoms with Gasteiger partial charge in [0.1, 0.15) is 0 Å². The number of primary amides is 1. The van der Waals surface area contributed by atoms with E-state index in [1.807, 2.05) is 11.0 Å². The van der Waals surface area contributed by atoms with Gasteiger partial charge in [0.2, 0.25) is 5.91 Å². The molecule has 2 aliphatic rings. The molecule has 1 fully saturated rings. The third-order valence-electron chi connectivity index (χ3n) is 4.57. The van der Waals surface area contributed by atoms with Crippen LogP contribution in [0.2, 0.25) is 0 Å². The number of carbonyl (C=O) groups is 2. The van der Waals surface area contributed by atoms with Crippen molar-refractivity contribution in [1.82, 2.24) is 4.90 Å². The van der Waals surface area contributed by atoms with Gasteiger partial charge in [-0.1, -0.05) is 0 Å². The lowest BCUT2D eigenvalue weighted by Crippen LogP contribution is -2.42. The minimum atomic E-state index is -0.243. The molecule has 0 unspecified atom stereocenters. The van der Waals surface area contributed by atoms with E-state index in [-0.39, 0.29) is 17.7 Å². The van der Waals surface area contributed by atoms with E-state index in [9.17, 15) is 9.59 Å². The number of thioether (sulfide) groups is 1. The summed E-state index contributed by atoms with van der Waals surface area (Å²) in [4.78, 5) is 29.1. The summed E-state index contributed by atoms with van der Waals surface area (Å²) in [7, 11) is 0. The Balaban J connectivity index is 1.73. The van der Waals surface area contributed by atoms with Crippen LogP contribution in [-0.2, 0) is 15.3 Å². The Kier molecular flexibility index (Phi) is 4.32. The lowest BCUT2D eigenvalue weighted by Gasteiger charge is -2.31. The van der Waals surface area contributed by atoms with E-state index >= 15 is 0 Å². The standard InChI is InChI=1S/C16H20N2O2S2/c1-9-10(2)22-13-7-14(21-8-12(9)13)16(20)18-5-3-11(4-6-18)15(17)19/h7,11H,3-6,8H2,1-2H3,(H2,17,19). The van der Waals surface area contributed by atoms with E-state index in [0.717, 1.165) is 10.7 Å². The molecule has 0 saturated carbocycles. The Morgan fingerprint density at radius 1 is 1.27 bits per heavy atom. The maximum atomic E-state index is 12.7. The van der Waals surface area contributed by atoms with Crippen molar-refractivity contribution in [3.05, 3.63) is 25.8 Å². The van der Waals surface area contributed by atoms with Crippen molar-refractivity contribution >= 4 is 41.0 Å². The summed E-state index contributed by atoms with van der Waals surface area (Å²) in [6.45, 7) is 5.53. The average molecular weight is 336 g/mol. The average Bonchev–Trinajstić information content (AvgIpc) is 2.81. The van der Waals surface area contributed by atoms with E-state index < -0.39 is 0 Å². The molecule has 2 aliphatic heterocycles. The van der Waals surface area contributed by atoms with Crippen LogP contribution in [0.1, 0.15) is 33.7 Å². The Bertz CT molecular complexity index is 655. The molecule has 0 atom stereocenters. The molecular weight excluding hydrogens is 316 g/mol. The molecule has 0 bridgehead atoms. The monoisotopic (exact) mass is 336 g/mol. The molecule has 0 spiro atoms. The number of aryl methyl sites for hydroxylation is 1. The molecule has 4 nitrogen and oxygen atoms in total. The van der Waals surface area contributed by atoms with Crippen LogP contribution < -0.4 is 5.73 Å². The molecule has 0 radical (unpaired) electrons. The third-order valence-corrected chi connectivity index (χ3v) is 6.80. The predicted molar refractivity (Wildman–Crippen MR) is 91.6 cm³/mol. The minimum Gasteiger partial charge on any atom is -0.369 e.